The van der Waals surface area contributed by atoms with E-state index in [2.05, 4.69) is 142 Å². The molecule has 0 aliphatic heterocycles. The van der Waals surface area contributed by atoms with E-state index in [1.807, 2.05) is 0 Å². The van der Waals surface area contributed by atoms with Gasteiger partial charge in [0.1, 0.15) is 13.2 Å². The number of ether oxygens (including phenoxy) is 3. The summed E-state index contributed by atoms with van der Waals surface area (Å²) in [5.74, 6) is -0.924. The van der Waals surface area contributed by atoms with Crippen molar-refractivity contribution in [2.24, 2.45) is 0 Å². The molecule has 0 aromatic heterocycles. The van der Waals surface area contributed by atoms with Gasteiger partial charge in [-0.15, -0.1) is 0 Å². The van der Waals surface area contributed by atoms with Crippen molar-refractivity contribution >= 4 is 17.9 Å². The summed E-state index contributed by atoms with van der Waals surface area (Å²) in [6.45, 7) is 6.26. The van der Waals surface area contributed by atoms with Gasteiger partial charge in [0, 0.05) is 19.3 Å². The van der Waals surface area contributed by atoms with Crippen molar-refractivity contribution in [1.82, 2.24) is 0 Å². The van der Waals surface area contributed by atoms with Gasteiger partial charge in [0.15, 0.2) is 6.10 Å². The second kappa shape index (κ2) is 58.4. The summed E-state index contributed by atoms with van der Waals surface area (Å²) < 4.78 is 16.9. The van der Waals surface area contributed by atoms with Crippen LogP contribution in [-0.4, -0.2) is 37.2 Å². The fraction of sp³-hybridized carbons (Fsp3) is 0.646. The summed E-state index contributed by atoms with van der Waals surface area (Å²) in [6.07, 6.45) is 80.4. The maximum Gasteiger partial charge on any atom is 0.306 e. The van der Waals surface area contributed by atoms with Crippen molar-refractivity contribution in [2.75, 3.05) is 13.2 Å². The summed E-state index contributed by atoms with van der Waals surface area (Å²) in [5.41, 5.74) is 0. The number of esters is 3. The second-order valence-corrected chi connectivity index (χ2v) is 18.8. The van der Waals surface area contributed by atoms with E-state index in [1.165, 1.54) is 77.0 Å². The van der Waals surface area contributed by atoms with E-state index in [9.17, 15) is 14.4 Å². The number of hydrogen-bond donors (Lipinski definition) is 0. The maximum atomic E-state index is 12.9. The molecule has 0 rings (SSSR count). The third-order valence-electron chi connectivity index (χ3n) is 12.0. The molecule has 0 radical (unpaired) electrons. The van der Waals surface area contributed by atoms with Crippen molar-refractivity contribution in [3.63, 3.8) is 0 Å². The predicted molar refractivity (Wildman–Crippen MR) is 306 cm³/mol. The third kappa shape index (κ3) is 56.6. The molecule has 0 aromatic rings. The van der Waals surface area contributed by atoms with Gasteiger partial charge >= 0.3 is 17.9 Å². The molecule has 1 unspecified atom stereocenters. The van der Waals surface area contributed by atoms with Gasteiger partial charge in [-0.05, 0) is 109 Å². The van der Waals surface area contributed by atoms with Crippen LogP contribution in [0.5, 0.6) is 0 Å². The number of hydrogen-bond acceptors (Lipinski definition) is 6. The second-order valence-electron chi connectivity index (χ2n) is 18.8. The Bertz CT molecular complexity index is 1500. The lowest BCUT2D eigenvalue weighted by atomic mass is 10.1. The molecule has 0 aliphatic carbocycles. The molecule has 0 N–H and O–H groups in total. The van der Waals surface area contributed by atoms with Crippen LogP contribution < -0.4 is 0 Å². The monoisotopic (exact) mass is 983 g/mol. The molecule has 0 saturated heterocycles. The molecule has 0 aliphatic rings. The van der Waals surface area contributed by atoms with Crippen LogP contribution in [0.15, 0.2) is 122 Å². The van der Waals surface area contributed by atoms with E-state index < -0.39 is 6.10 Å². The van der Waals surface area contributed by atoms with Crippen molar-refractivity contribution in [3.05, 3.63) is 122 Å². The zero-order chi connectivity index (χ0) is 51.4. The molecule has 402 valence electrons. The van der Waals surface area contributed by atoms with Crippen molar-refractivity contribution in [3.8, 4) is 0 Å². The van der Waals surface area contributed by atoms with Crippen molar-refractivity contribution in [1.29, 1.82) is 0 Å². The lowest BCUT2D eigenvalue weighted by Crippen LogP contribution is -2.30. The van der Waals surface area contributed by atoms with Crippen LogP contribution in [0.3, 0.4) is 0 Å². The van der Waals surface area contributed by atoms with E-state index in [0.717, 1.165) is 135 Å². The minimum absolute atomic E-state index is 0.0940. The lowest BCUT2D eigenvalue weighted by molar-refractivity contribution is -0.167. The summed E-state index contributed by atoms with van der Waals surface area (Å²) >= 11 is 0. The first-order chi connectivity index (χ1) is 35.0. The van der Waals surface area contributed by atoms with Crippen LogP contribution >= 0.6 is 0 Å². The summed E-state index contributed by atoms with van der Waals surface area (Å²) in [5, 5.41) is 0. The Morgan fingerprint density at radius 2 is 0.577 bits per heavy atom. The minimum Gasteiger partial charge on any atom is -0.462 e. The Morgan fingerprint density at radius 1 is 0.296 bits per heavy atom. The molecule has 6 heteroatoms. The van der Waals surface area contributed by atoms with Crippen LogP contribution in [0, 0.1) is 0 Å². The van der Waals surface area contributed by atoms with Crippen LogP contribution in [0.4, 0.5) is 0 Å². The molecule has 0 heterocycles. The van der Waals surface area contributed by atoms with Gasteiger partial charge in [-0.3, -0.25) is 14.4 Å². The highest BCUT2D eigenvalue weighted by Crippen LogP contribution is 2.15. The van der Waals surface area contributed by atoms with E-state index >= 15 is 0 Å². The van der Waals surface area contributed by atoms with E-state index in [0.29, 0.717) is 19.3 Å². The first-order valence-electron chi connectivity index (χ1n) is 29.1. The zero-order valence-corrected chi connectivity index (χ0v) is 45.9. The van der Waals surface area contributed by atoms with Gasteiger partial charge in [-0.1, -0.05) is 245 Å². The van der Waals surface area contributed by atoms with Gasteiger partial charge in [0.2, 0.25) is 0 Å². The largest absolute Gasteiger partial charge is 0.462 e. The lowest BCUT2D eigenvalue weighted by Gasteiger charge is -2.18. The molecular formula is C65H106O6. The third-order valence-corrected chi connectivity index (χ3v) is 12.0. The van der Waals surface area contributed by atoms with Crippen molar-refractivity contribution < 1.29 is 28.6 Å². The SMILES string of the molecule is CC\C=C/C=C\C=C/CCCCCCCCCC(=O)OCC(COC(=O)CCCCCCCC/C=C\C/C=C\C/C=C\C/C=C\CC)OC(=O)CCCCCCCCCCC/C=C\C/C=C\C/C=C\CC. The number of unbranched alkanes of at least 4 members (excludes halogenated alkanes) is 22. The maximum absolute atomic E-state index is 12.9. The fourth-order valence-corrected chi connectivity index (χ4v) is 7.74. The Balaban J connectivity index is 4.44. The molecule has 0 aromatic carbocycles. The summed E-state index contributed by atoms with van der Waals surface area (Å²) in [7, 11) is 0. The van der Waals surface area contributed by atoms with Gasteiger partial charge < -0.3 is 14.2 Å². The number of carbonyl (C=O) groups excluding carboxylic acids is 3. The Labute approximate surface area is 437 Å². The Hall–Kier alpha value is -4.19. The van der Waals surface area contributed by atoms with E-state index in [1.54, 1.807) is 0 Å². The average molecular weight is 984 g/mol. The zero-order valence-electron chi connectivity index (χ0n) is 45.9. The van der Waals surface area contributed by atoms with Crippen LogP contribution in [0.2, 0.25) is 0 Å². The molecule has 6 nitrogen and oxygen atoms in total. The topological polar surface area (TPSA) is 78.9 Å². The molecule has 71 heavy (non-hydrogen) atoms. The predicted octanol–water partition coefficient (Wildman–Crippen LogP) is 19.6. The highest BCUT2D eigenvalue weighted by atomic mass is 16.6. The van der Waals surface area contributed by atoms with Gasteiger partial charge in [-0.25, -0.2) is 0 Å². The van der Waals surface area contributed by atoms with Crippen LogP contribution in [0.25, 0.3) is 0 Å². The Kier molecular flexibility index (Phi) is 54.9. The molecular weight excluding hydrogens is 877 g/mol. The van der Waals surface area contributed by atoms with Crippen LogP contribution in [-0.2, 0) is 28.6 Å². The molecule has 0 fully saturated rings. The molecule has 0 bridgehead atoms. The number of carbonyl (C=O) groups is 3. The minimum atomic E-state index is -0.797. The molecule has 0 amide bonds. The Morgan fingerprint density at radius 3 is 0.944 bits per heavy atom. The quantitative estimate of drug-likeness (QED) is 0.0199. The van der Waals surface area contributed by atoms with Crippen molar-refractivity contribution in [2.45, 2.75) is 258 Å². The first kappa shape index (κ1) is 66.8. The average Bonchev–Trinajstić information content (AvgIpc) is 3.37. The standard InChI is InChI=1S/C65H106O6/c1-4-7-10-13-16-19-22-25-28-30-32-34-37-40-43-46-49-52-55-58-64(67)70-61-62(60-69-63(66)57-54-51-48-45-42-39-36-27-24-21-18-15-12-9-6-3)71-65(68)59-56-53-50-47-44-41-38-35-33-31-29-26-23-20-17-14-11-8-5-2/h7-12,15-21,24-26,28-29,32,34,62H,4-6,13-14,22-23,27,30-31,33,35-61H2,1-3H3/b10-7-,11-8-,12-9-,18-15-,19-16-,20-17-,24-21-,28-25-,29-26-,34-32-. The highest BCUT2D eigenvalue weighted by Gasteiger charge is 2.19. The fourth-order valence-electron chi connectivity index (χ4n) is 7.74. The first-order valence-corrected chi connectivity index (χ1v) is 29.1. The number of rotatable bonds is 51. The summed E-state index contributed by atoms with van der Waals surface area (Å²) in [6, 6.07) is 0. The van der Waals surface area contributed by atoms with Gasteiger partial charge in [0.05, 0.1) is 0 Å². The molecule has 0 spiro atoms. The highest BCUT2D eigenvalue weighted by molar-refractivity contribution is 5.71. The molecule has 0 saturated carbocycles. The van der Waals surface area contributed by atoms with E-state index in [-0.39, 0.29) is 31.1 Å². The summed E-state index contributed by atoms with van der Waals surface area (Å²) in [4.78, 5) is 38.2. The smallest absolute Gasteiger partial charge is 0.306 e. The van der Waals surface area contributed by atoms with E-state index in [4.69, 9.17) is 14.2 Å². The van der Waals surface area contributed by atoms with Gasteiger partial charge in [-0.2, -0.15) is 0 Å². The number of allylic oxidation sites excluding steroid dienone is 20. The van der Waals surface area contributed by atoms with Crippen LogP contribution in [0.1, 0.15) is 252 Å². The van der Waals surface area contributed by atoms with Gasteiger partial charge in [0.25, 0.3) is 0 Å². The molecule has 1 atom stereocenters. The normalized spacial score (nSPS) is 13.0.